The van der Waals surface area contributed by atoms with Crippen LogP contribution in [0.15, 0.2) is 69.2 Å². The lowest BCUT2D eigenvalue weighted by atomic mass is 10.2. The molecule has 0 fully saturated rings. The Hall–Kier alpha value is -3.90. The Labute approximate surface area is 179 Å². The number of halogens is 1. The predicted octanol–water partition coefficient (Wildman–Crippen LogP) is 0.592. The average Bonchev–Trinajstić information content (AvgIpc) is 2.71. The average molecular weight is 464 g/mol. The summed E-state index contributed by atoms with van der Waals surface area (Å²) in [4.78, 5) is 50.4. The van der Waals surface area contributed by atoms with Crippen molar-refractivity contribution in [2.45, 2.75) is 4.90 Å². The van der Waals surface area contributed by atoms with Gasteiger partial charge in [0.15, 0.2) is 4.90 Å². The number of anilines is 1. The third kappa shape index (κ3) is 5.18. The summed E-state index contributed by atoms with van der Waals surface area (Å²) in [5.74, 6) is -1.38. The molecule has 0 aliphatic rings. The van der Waals surface area contributed by atoms with Crippen molar-refractivity contribution in [3.05, 3.63) is 91.7 Å². The Kier molecular flexibility index (Phi) is 6.22. The highest BCUT2D eigenvalue weighted by Crippen LogP contribution is 2.16. The number of H-pyrrole nitrogens is 2. The van der Waals surface area contributed by atoms with E-state index in [0.29, 0.717) is 0 Å². The number of sulfonamides is 1. The summed E-state index contributed by atoms with van der Waals surface area (Å²) in [6, 6.07) is 11.5. The molecule has 13 heteroatoms. The van der Waals surface area contributed by atoms with E-state index in [1.54, 1.807) is 17.1 Å². The zero-order chi connectivity index (χ0) is 22.6. The summed E-state index contributed by atoms with van der Waals surface area (Å²) in [6.45, 7) is 0. The number of hydrogen-bond donors (Lipinski definition) is 5. The highest BCUT2D eigenvalue weighted by molar-refractivity contribution is 7.92. The molecule has 0 bridgehead atoms. The van der Waals surface area contributed by atoms with Crippen LogP contribution in [0.1, 0.15) is 20.7 Å². The zero-order valence-corrected chi connectivity index (χ0v) is 17.0. The second kappa shape index (κ2) is 8.85. The van der Waals surface area contributed by atoms with E-state index in [9.17, 15) is 27.6 Å². The van der Waals surface area contributed by atoms with E-state index in [-0.39, 0.29) is 21.8 Å². The highest BCUT2D eigenvalue weighted by atomic mass is 35.5. The molecule has 0 saturated carbocycles. The van der Waals surface area contributed by atoms with Gasteiger partial charge in [-0.3, -0.25) is 34.9 Å². The van der Waals surface area contributed by atoms with Gasteiger partial charge in [0.1, 0.15) is 0 Å². The van der Waals surface area contributed by atoms with E-state index in [1.807, 2.05) is 0 Å². The number of carbonyl (C=O) groups excluding carboxylic acids is 2. The lowest BCUT2D eigenvalue weighted by Crippen LogP contribution is -2.41. The Morgan fingerprint density at radius 1 is 0.935 bits per heavy atom. The first-order valence-electron chi connectivity index (χ1n) is 8.47. The third-order valence-corrected chi connectivity index (χ3v) is 5.58. The van der Waals surface area contributed by atoms with E-state index in [4.69, 9.17) is 11.6 Å². The molecule has 0 unspecified atom stereocenters. The van der Waals surface area contributed by atoms with E-state index >= 15 is 0 Å². The molecule has 0 radical (unpaired) electrons. The van der Waals surface area contributed by atoms with Crippen LogP contribution in [-0.4, -0.2) is 30.2 Å². The second-order valence-corrected chi connectivity index (χ2v) is 8.07. The van der Waals surface area contributed by atoms with Gasteiger partial charge in [-0.05, 0) is 30.3 Å². The molecule has 11 nitrogen and oxygen atoms in total. The monoisotopic (exact) mass is 463 g/mol. The van der Waals surface area contributed by atoms with Crippen molar-refractivity contribution < 1.29 is 18.0 Å². The van der Waals surface area contributed by atoms with Crippen molar-refractivity contribution in [1.29, 1.82) is 0 Å². The molecule has 2 amide bonds. The first-order chi connectivity index (χ1) is 14.7. The maximum Gasteiger partial charge on any atom is 0.325 e. The Balaban J connectivity index is 1.73. The summed E-state index contributed by atoms with van der Waals surface area (Å²) in [7, 11) is -4.35. The van der Waals surface area contributed by atoms with E-state index in [2.05, 4.69) is 20.6 Å². The quantitative estimate of drug-likeness (QED) is 0.347. The van der Waals surface area contributed by atoms with Crippen molar-refractivity contribution >= 4 is 39.1 Å². The van der Waals surface area contributed by atoms with Gasteiger partial charge in [0.2, 0.25) is 0 Å². The molecule has 0 saturated heterocycles. The van der Waals surface area contributed by atoms with Gasteiger partial charge >= 0.3 is 5.69 Å². The topological polar surface area (TPSA) is 170 Å². The molecule has 0 spiro atoms. The maximum absolute atomic E-state index is 12.4. The molecule has 5 N–H and O–H groups in total. The van der Waals surface area contributed by atoms with Crippen molar-refractivity contribution in [2.24, 2.45) is 0 Å². The molecule has 2 aromatic carbocycles. The molecule has 0 aliphatic heterocycles. The van der Waals surface area contributed by atoms with Crippen LogP contribution in [0.5, 0.6) is 0 Å². The van der Waals surface area contributed by atoms with Gasteiger partial charge in [-0.25, -0.2) is 13.2 Å². The molecular weight excluding hydrogens is 450 g/mol. The lowest BCUT2D eigenvalue weighted by molar-refractivity contribution is 0.0847. The van der Waals surface area contributed by atoms with Gasteiger partial charge in [0.25, 0.3) is 27.4 Å². The normalized spacial score (nSPS) is 10.9. The zero-order valence-electron chi connectivity index (χ0n) is 15.4. The summed E-state index contributed by atoms with van der Waals surface area (Å²) < 4.78 is 26.9. The van der Waals surface area contributed by atoms with E-state index < -0.39 is 38.0 Å². The molecule has 0 atom stereocenters. The SMILES string of the molecule is O=C(NNC(=O)c1ccccc1Cl)c1cccc(NS(=O)(=O)c2c[nH]c(=O)[nH]c2=O)c1. The number of nitrogens with one attached hydrogen (secondary N) is 5. The number of hydrogen-bond acceptors (Lipinski definition) is 6. The lowest BCUT2D eigenvalue weighted by Gasteiger charge is -2.10. The molecule has 160 valence electrons. The second-order valence-electron chi connectivity index (χ2n) is 6.01. The molecule has 3 rings (SSSR count). The van der Waals surface area contributed by atoms with Crippen molar-refractivity contribution in [3.63, 3.8) is 0 Å². The van der Waals surface area contributed by atoms with Crippen LogP contribution in [0.4, 0.5) is 5.69 Å². The fourth-order valence-corrected chi connectivity index (χ4v) is 3.71. The summed E-state index contributed by atoms with van der Waals surface area (Å²) in [5, 5.41) is 0.197. The van der Waals surface area contributed by atoms with Gasteiger partial charge in [-0.15, -0.1) is 0 Å². The summed E-state index contributed by atoms with van der Waals surface area (Å²) in [5.41, 5.74) is 2.56. The Bertz CT molecular complexity index is 1380. The van der Waals surface area contributed by atoms with Crippen LogP contribution in [-0.2, 0) is 10.0 Å². The maximum atomic E-state index is 12.4. The van der Waals surface area contributed by atoms with Crippen LogP contribution in [0.25, 0.3) is 0 Å². The van der Waals surface area contributed by atoms with Crippen molar-refractivity contribution in [3.8, 4) is 0 Å². The first-order valence-corrected chi connectivity index (χ1v) is 10.3. The number of carbonyl (C=O) groups is 2. The number of amides is 2. The van der Waals surface area contributed by atoms with Crippen molar-refractivity contribution in [2.75, 3.05) is 4.72 Å². The standard InChI is InChI=1S/C18H14ClN5O6S/c19-13-7-2-1-6-12(13)16(26)23-22-15(25)10-4-3-5-11(8-10)24-31(29,30)14-9-20-18(28)21-17(14)27/h1-9,24H,(H,22,25)(H,23,26)(H2,20,21,27,28). The van der Waals surface area contributed by atoms with Gasteiger partial charge in [0.05, 0.1) is 10.6 Å². The summed E-state index contributed by atoms with van der Waals surface area (Å²) >= 11 is 5.92. The third-order valence-electron chi connectivity index (χ3n) is 3.86. The number of aromatic nitrogens is 2. The van der Waals surface area contributed by atoms with Crippen LogP contribution in [0, 0.1) is 0 Å². The van der Waals surface area contributed by atoms with Crippen LogP contribution >= 0.6 is 11.6 Å². The smallest absolute Gasteiger partial charge is 0.313 e. The van der Waals surface area contributed by atoms with Crippen molar-refractivity contribution in [1.82, 2.24) is 20.8 Å². The van der Waals surface area contributed by atoms with E-state index in [0.717, 1.165) is 6.20 Å². The molecule has 31 heavy (non-hydrogen) atoms. The predicted molar refractivity (Wildman–Crippen MR) is 111 cm³/mol. The van der Waals surface area contributed by atoms with Gasteiger partial charge in [-0.2, -0.15) is 0 Å². The summed E-state index contributed by atoms with van der Waals surface area (Å²) in [6.07, 6.45) is 0.754. The minimum absolute atomic E-state index is 0.00929. The molecule has 1 aromatic heterocycles. The Morgan fingerprint density at radius 3 is 2.35 bits per heavy atom. The molecular formula is C18H14ClN5O6S. The Morgan fingerprint density at radius 2 is 1.65 bits per heavy atom. The van der Waals surface area contributed by atoms with Gasteiger partial charge in [0, 0.05) is 17.4 Å². The number of benzene rings is 2. The molecule has 3 aromatic rings. The highest BCUT2D eigenvalue weighted by Gasteiger charge is 2.20. The van der Waals surface area contributed by atoms with Crippen LogP contribution < -0.4 is 26.8 Å². The molecule has 0 aliphatic carbocycles. The fourth-order valence-electron chi connectivity index (χ4n) is 2.43. The molecule has 1 heterocycles. The van der Waals surface area contributed by atoms with Gasteiger partial charge < -0.3 is 4.98 Å². The van der Waals surface area contributed by atoms with Crippen LogP contribution in [0.3, 0.4) is 0 Å². The number of rotatable bonds is 5. The minimum atomic E-state index is -4.35. The number of hydrazine groups is 1. The fraction of sp³-hybridized carbons (Fsp3) is 0. The van der Waals surface area contributed by atoms with E-state index in [1.165, 1.54) is 36.4 Å². The largest absolute Gasteiger partial charge is 0.325 e. The van der Waals surface area contributed by atoms with Gasteiger partial charge in [-0.1, -0.05) is 29.8 Å². The minimum Gasteiger partial charge on any atom is -0.313 e. The number of aromatic amines is 2. The van der Waals surface area contributed by atoms with Crippen LogP contribution in [0.2, 0.25) is 5.02 Å². The first kappa shape index (κ1) is 21.8.